The number of hydrogen-bond acceptors (Lipinski definition) is 3. The maximum Gasteiger partial charge on any atom is 0.236 e. The molecule has 0 aromatic rings. The van der Waals surface area contributed by atoms with Crippen molar-refractivity contribution in [1.82, 2.24) is 4.90 Å². The zero-order valence-corrected chi connectivity index (χ0v) is 13.3. The first-order chi connectivity index (χ1) is 9.23. The number of amides is 1. The highest BCUT2D eigenvalue weighted by atomic mass is 16.4. The minimum absolute atomic E-state index is 0.00961. The lowest BCUT2D eigenvalue weighted by Gasteiger charge is -2.36. The van der Waals surface area contributed by atoms with E-state index in [1.54, 1.807) is 4.90 Å². The fraction of sp³-hybridized carbons (Fsp3) is 0.867. The van der Waals surface area contributed by atoms with Crippen molar-refractivity contribution in [2.24, 2.45) is 21.7 Å². The van der Waals surface area contributed by atoms with Crippen molar-refractivity contribution in [1.29, 1.82) is 0 Å². The summed E-state index contributed by atoms with van der Waals surface area (Å²) in [6, 6.07) is 0. The highest BCUT2D eigenvalue weighted by molar-refractivity contribution is 6.06. The second-order valence-corrected chi connectivity index (χ2v) is 7.20. The third-order valence-corrected chi connectivity index (χ3v) is 4.02. The lowest BCUT2D eigenvalue weighted by molar-refractivity contribution is -0.139. The topological polar surface area (TPSA) is 78.9 Å². The van der Waals surface area contributed by atoms with Gasteiger partial charge < -0.3 is 15.8 Å². The van der Waals surface area contributed by atoms with Gasteiger partial charge in [0.2, 0.25) is 5.91 Å². The molecule has 0 spiro atoms. The Morgan fingerprint density at radius 3 is 2.15 bits per heavy atom. The third-order valence-electron chi connectivity index (χ3n) is 4.02. The van der Waals surface area contributed by atoms with Gasteiger partial charge in [0.1, 0.15) is 5.41 Å². The molecule has 1 saturated carbocycles. The first-order valence-electron chi connectivity index (χ1n) is 7.46. The SMILES string of the molecule is CN(CC(C)(C)C)C(=O)C1(C(N)=NO)CCCCCC1. The standard InChI is InChI=1S/C15H29N3O2/c1-14(2,3)11-18(4)13(19)15(12(16)17-20)9-7-5-6-8-10-15/h20H,5-11H2,1-4H3,(H2,16,17). The number of nitrogens with two attached hydrogens (primary N) is 1. The summed E-state index contributed by atoms with van der Waals surface area (Å²) in [7, 11) is 1.81. The van der Waals surface area contributed by atoms with E-state index in [1.807, 2.05) is 7.05 Å². The summed E-state index contributed by atoms with van der Waals surface area (Å²) < 4.78 is 0. The maximum atomic E-state index is 12.9. The van der Waals surface area contributed by atoms with Crippen LogP contribution in [0, 0.1) is 10.8 Å². The summed E-state index contributed by atoms with van der Waals surface area (Å²) in [4.78, 5) is 14.6. The zero-order chi connectivity index (χ0) is 15.4. The minimum atomic E-state index is -0.814. The van der Waals surface area contributed by atoms with Gasteiger partial charge in [-0.2, -0.15) is 0 Å². The van der Waals surface area contributed by atoms with Gasteiger partial charge in [0.15, 0.2) is 5.84 Å². The van der Waals surface area contributed by atoms with E-state index < -0.39 is 5.41 Å². The van der Waals surface area contributed by atoms with Gasteiger partial charge in [0, 0.05) is 13.6 Å². The predicted octanol–water partition coefficient (Wildman–Crippen LogP) is 2.58. The number of nitrogens with zero attached hydrogens (tertiary/aromatic N) is 2. The second kappa shape index (κ2) is 6.46. The Labute approximate surface area is 122 Å². The van der Waals surface area contributed by atoms with Crippen LogP contribution in [-0.2, 0) is 4.79 Å². The van der Waals surface area contributed by atoms with Crippen molar-refractivity contribution in [3.05, 3.63) is 0 Å². The average molecular weight is 283 g/mol. The fourth-order valence-corrected chi connectivity index (χ4v) is 3.16. The van der Waals surface area contributed by atoms with Gasteiger partial charge >= 0.3 is 0 Å². The molecule has 3 N–H and O–H groups in total. The Morgan fingerprint density at radius 1 is 1.25 bits per heavy atom. The van der Waals surface area contributed by atoms with Crippen LogP contribution in [0.1, 0.15) is 59.3 Å². The van der Waals surface area contributed by atoms with E-state index in [0.717, 1.165) is 25.7 Å². The van der Waals surface area contributed by atoms with Crippen molar-refractivity contribution >= 4 is 11.7 Å². The number of amidine groups is 1. The highest BCUT2D eigenvalue weighted by Crippen LogP contribution is 2.37. The lowest BCUT2D eigenvalue weighted by atomic mass is 9.77. The fourth-order valence-electron chi connectivity index (χ4n) is 3.16. The zero-order valence-electron chi connectivity index (χ0n) is 13.3. The number of carbonyl (C=O) groups excluding carboxylic acids is 1. The first kappa shape index (κ1) is 16.8. The van der Waals surface area contributed by atoms with Crippen molar-refractivity contribution in [2.75, 3.05) is 13.6 Å². The average Bonchev–Trinajstić information content (AvgIpc) is 2.61. The van der Waals surface area contributed by atoms with Crippen LogP contribution in [0.5, 0.6) is 0 Å². The molecule has 1 aliphatic carbocycles. The normalized spacial score (nSPS) is 20.3. The monoisotopic (exact) mass is 283 g/mol. The summed E-state index contributed by atoms with van der Waals surface area (Å²) in [5.41, 5.74) is 5.12. The van der Waals surface area contributed by atoms with Crippen molar-refractivity contribution in [3.8, 4) is 0 Å². The Balaban J connectivity index is 3.01. The van der Waals surface area contributed by atoms with E-state index in [9.17, 15) is 4.79 Å². The van der Waals surface area contributed by atoms with E-state index >= 15 is 0 Å². The van der Waals surface area contributed by atoms with Gasteiger partial charge in [0.25, 0.3) is 0 Å². The molecule has 0 unspecified atom stereocenters. The summed E-state index contributed by atoms with van der Waals surface area (Å²) in [5, 5.41) is 12.3. The molecule has 1 rings (SSSR count). The van der Waals surface area contributed by atoms with Crippen LogP contribution in [0.3, 0.4) is 0 Å². The van der Waals surface area contributed by atoms with E-state index in [1.165, 1.54) is 0 Å². The van der Waals surface area contributed by atoms with Crippen LogP contribution in [0.4, 0.5) is 0 Å². The molecule has 1 aliphatic rings. The Morgan fingerprint density at radius 2 is 1.75 bits per heavy atom. The van der Waals surface area contributed by atoms with Crippen molar-refractivity contribution in [3.63, 3.8) is 0 Å². The molecule has 0 aromatic heterocycles. The van der Waals surface area contributed by atoms with Crippen LogP contribution < -0.4 is 5.73 Å². The molecular weight excluding hydrogens is 254 g/mol. The lowest BCUT2D eigenvalue weighted by Crippen LogP contribution is -2.51. The van der Waals surface area contributed by atoms with Crippen LogP contribution in [0.15, 0.2) is 5.16 Å². The second-order valence-electron chi connectivity index (χ2n) is 7.20. The first-order valence-corrected chi connectivity index (χ1v) is 7.46. The van der Waals surface area contributed by atoms with Crippen LogP contribution >= 0.6 is 0 Å². The van der Waals surface area contributed by atoms with E-state index in [2.05, 4.69) is 25.9 Å². The van der Waals surface area contributed by atoms with Crippen molar-refractivity contribution in [2.45, 2.75) is 59.3 Å². The van der Waals surface area contributed by atoms with Gasteiger partial charge in [-0.3, -0.25) is 4.79 Å². The Bertz CT molecular complexity index is 364. The van der Waals surface area contributed by atoms with Crippen molar-refractivity contribution < 1.29 is 10.0 Å². The molecule has 0 saturated heterocycles. The molecule has 0 aromatic carbocycles. The molecule has 0 bridgehead atoms. The third kappa shape index (κ3) is 3.87. The minimum Gasteiger partial charge on any atom is -0.409 e. The van der Waals surface area contributed by atoms with Gasteiger partial charge in [-0.1, -0.05) is 51.6 Å². The molecule has 5 nitrogen and oxygen atoms in total. The summed E-state index contributed by atoms with van der Waals surface area (Å²) >= 11 is 0. The number of oxime groups is 1. The maximum absolute atomic E-state index is 12.9. The van der Waals surface area contributed by atoms with Crippen LogP contribution in [0.25, 0.3) is 0 Å². The summed E-state index contributed by atoms with van der Waals surface area (Å²) in [5.74, 6) is 0.0646. The molecule has 0 heterocycles. The Hall–Kier alpha value is -1.26. The number of hydrogen-bond donors (Lipinski definition) is 2. The molecule has 1 amide bonds. The van der Waals surface area contributed by atoms with Gasteiger partial charge in [0.05, 0.1) is 0 Å². The quantitative estimate of drug-likeness (QED) is 0.275. The van der Waals surface area contributed by atoms with E-state index in [4.69, 9.17) is 10.9 Å². The largest absolute Gasteiger partial charge is 0.409 e. The van der Waals surface area contributed by atoms with Gasteiger partial charge in [-0.15, -0.1) is 0 Å². The van der Waals surface area contributed by atoms with Gasteiger partial charge in [-0.25, -0.2) is 0 Å². The van der Waals surface area contributed by atoms with E-state index in [-0.39, 0.29) is 17.2 Å². The molecule has 116 valence electrons. The number of carbonyl (C=O) groups is 1. The smallest absolute Gasteiger partial charge is 0.236 e. The Kier molecular flexibility index (Phi) is 5.42. The number of rotatable bonds is 3. The summed E-state index contributed by atoms with van der Waals surface area (Å²) in [6.45, 7) is 6.95. The molecule has 0 radical (unpaired) electrons. The predicted molar refractivity (Wildman–Crippen MR) is 80.6 cm³/mol. The molecular formula is C15H29N3O2. The molecule has 1 fully saturated rings. The van der Waals surface area contributed by atoms with Gasteiger partial charge in [-0.05, 0) is 18.3 Å². The highest BCUT2D eigenvalue weighted by Gasteiger charge is 2.45. The summed E-state index contributed by atoms with van der Waals surface area (Å²) in [6.07, 6.45) is 5.47. The van der Waals surface area contributed by atoms with Crippen LogP contribution in [-0.4, -0.2) is 35.4 Å². The van der Waals surface area contributed by atoms with Crippen LogP contribution in [0.2, 0.25) is 0 Å². The van der Waals surface area contributed by atoms with E-state index in [0.29, 0.717) is 19.4 Å². The molecule has 5 heteroatoms. The molecule has 0 aliphatic heterocycles. The molecule has 0 atom stereocenters. The molecule has 20 heavy (non-hydrogen) atoms.